The van der Waals surface area contributed by atoms with Gasteiger partial charge in [-0.05, 0) is 31.0 Å². The number of carbonyl (C=O) groups excluding carboxylic acids is 1. The molecule has 128 valence electrons. The number of hydrogen-bond donors (Lipinski definition) is 2. The van der Waals surface area contributed by atoms with E-state index >= 15 is 0 Å². The zero-order chi connectivity index (χ0) is 17.6. The molecule has 0 aliphatic carbocycles. The van der Waals surface area contributed by atoms with Crippen molar-refractivity contribution in [2.75, 3.05) is 11.9 Å². The van der Waals surface area contributed by atoms with Gasteiger partial charge in [0.2, 0.25) is 0 Å². The normalized spacial score (nSPS) is 10.5. The summed E-state index contributed by atoms with van der Waals surface area (Å²) in [6.45, 7) is 2.29. The highest BCUT2D eigenvalue weighted by molar-refractivity contribution is 6.30. The Morgan fingerprint density at radius 1 is 1.16 bits per heavy atom. The van der Waals surface area contributed by atoms with E-state index in [9.17, 15) is 4.79 Å². The maximum atomic E-state index is 12.2. The van der Waals surface area contributed by atoms with Gasteiger partial charge in [0.15, 0.2) is 5.82 Å². The molecular weight excluding hydrogens is 342 g/mol. The van der Waals surface area contributed by atoms with Gasteiger partial charge >= 0.3 is 0 Å². The summed E-state index contributed by atoms with van der Waals surface area (Å²) in [5.41, 5.74) is 1.37. The van der Waals surface area contributed by atoms with Gasteiger partial charge in [0.25, 0.3) is 5.91 Å². The first-order chi connectivity index (χ1) is 12.1. The number of amides is 1. The molecule has 2 aromatic heterocycles. The minimum absolute atomic E-state index is 0.268. The first-order valence-corrected chi connectivity index (χ1v) is 8.03. The predicted molar refractivity (Wildman–Crippen MR) is 94.0 cm³/mol. The molecule has 1 amide bonds. The first kappa shape index (κ1) is 16.9. The van der Waals surface area contributed by atoms with Gasteiger partial charge in [0, 0.05) is 23.7 Å². The van der Waals surface area contributed by atoms with Gasteiger partial charge < -0.3 is 15.2 Å². The van der Waals surface area contributed by atoms with E-state index in [0.717, 1.165) is 5.56 Å². The standard InChI is InChI=1S/C17H16ClN5O2/c1-11-8-16(23-25-11)22-15-9-14(20-10-21-15)17(24)19-7-6-12-2-4-13(18)5-3-12/h2-5,8-10H,6-7H2,1H3,(H,19,24)(H,20,21,22,23). The number of hydrogen-bond acceptors (Lipinski definition) is 6. The van der Waals surface area contributed by atoms with Crippen LogP contribution in [0.15, 0.2) is 47.2 Å². The third kappa shape index (κ3) is 4.77. The van der Waals surface area contributed by atoms with E-state index in [4.69, 9.17) is 16.1 Å². The topological polar surface area (TPSA) is 92.9 Å². The van der Waals surface area contributed by atoms with Crippen molar-refractivity contribution < 1.29 is 9.32 Å². The lowest BCUT2D eigenvalue weighted by molar-refractivity contribution is 0.0949. The highest BCUT2D eigenvalue weighted by Gasteiger charge is 2.09. The van der Waals surface area contributed by atoms with Crippen molar-refractivity contribution in [3.63, 3.8) is 0 Å². The zero-order valence-electron chi connectivity index (χ0n) is 13.5. The minimum Gasteiger partial charge on any atom is -0.360 e. The molecule has 2 N–H and O–H groups in total. The Morgan fingerprint density at radius 2 is 1.96 bits per heavy atom. The van der Waals surface area contributed by atoms with Crippen LogP contribution in [0.25, 0.3) is 0 Å². The van der Waals surface area contributed by atoms with E-state index in [-0.39, 0.29) is 11.6 Å². The van der Waals surface area contributed by atoms with Crippen LogP contribution in [0, 0.1) is 6.92 Å². The summed E-state index contributed by atoms with van der Waals surface area (Å²) in [7, 11) is 0. The average molecular weight is 358 g/mol. The summed E-state index contributed by atoms with van der Waals surface area (Å²) in [5, 5.41) is 10.3. The molecule has 0 spiro atoms. The summed E-state index contributed by atoms with van der Waals surface area (Å²) in [5.74, 6) is 1.39. The molecule has 0 atom stereocenters. The summed E-state index contributed by atoms with van der Waals surface area (Å²) in [6.07, 6.45) is 2.03. The van der Waals surface area contributed by atoms with Crippen molar-refractivity contribution in [1.82, 2.24) is 20.4 Å². The lowest BCUT2D eigenvalue weighted by atomic mass is 10.1. The van der Waals surface area contributed by atoms with E-state index in [2.05, 4.69) is 25.8 Å². The van der Waals surface area contributed by atoms with Crippen LogP contribution in [0.5, 0.6) is 0 Å². The van der Waals surface area contributed by atoms with Crippen LogP contribution in [0.1, 0.15) is 21.8 Å². The Morgan fingerprint density at radius 3 is 2.68 bits per heavy atom. The maximum Gasteiger partial charge on any atom is 0.270 e. The molecule has 0 saturated heterocycles. The van der Waals surface area contributed by atoms with Crippen LogP contribution in [-0.2, 0) is 6.42 Å². The van der Waals surface area contributed by atoms with Crippen molar-refractivity contribution in [3.8, 4) is 0 Å². The van der Waals surface area contributed by atoms with Crippen LogP contribution in [-0.4, -0.2) is 27.6 Å². The summed E-state index contributed by atoms with van der Waals surface area (Å²) in [4.78, 5) is 20.3. The molecule has 2 heterocycles. The molecule has 0 radical (unpaired) electrons. The van der Waals surface area contributed by atoms with Gasteiger partial charge in [-0.3, -0.25) is 4.79 Å². The van der Waals surface area contributed by atoms with Crippen LogP contribution < -0.4 is 10.6 Å². The summed E-state index contributed by atoms with van der Waals surface area (Å²) >= 11 is 5.85. The lowest BCUT2D eigenvalue weighted by Gasteiger charge is -2.06. The number of rotatable bonds is 6. The molecule has 0 saturated carbocycles. The quantitative estimate of drug-likeness (QED) is 0.704. The highest BCUT2D eigenvalue weighted by Crippen LogP contribution is 2.14. The van der Waals surface area contributed by atoms with E-state index in [1.54, 1.807) is 19.1 Å². The van der Waals surface area contributed by atoms with E-state index in [1.165, 1.54) is 6.33 Å². The van der Waals surface area contributed by atoms with Crippen LogP contribution in [0.4, 0.5) is 11.6 Å². The largest absolute Gasteiger partial charge is 0.360 e. The number of aryl methyl sites for hydroxylation is 1. The number of halogens is 1. The fourth-order valence-corrected chi connectivity index (χ4v) is 2.29. The Labute approximate surface area is 149 Å². The van der Waals surface area contributed by atoms with E-state index < -0.39 is 0 Å². The second-order valence-corrected chi connectivity index (χ2v) is 5.81. The zero-order valence-corrected chi connectivity index (χ0v) is 14.2. The number of aromatic nitrogens is 3. The Bertz CT molecular complexity index is 863. The Hall–Kier alpha value is -2.93. The molecule has 3 aromatic rings. The molecule has 0 unspecified atom stereocenters. The van der Waals surface area contributed by atoms with Crippen molar-refractivity contribution in [2.45, 2.75) is 13.3 Å². The predicted octanol–water partition coefficient (Wildman–Crippen LogP) is 3.14. The number of nitrogens with one attached hydrogen (secondary N) is 2. The van der Waals surface area contributed by atoms with Gasteiger partial charge in [-0.25, -0.2) is 9.97 Å². The lowest BCUT2D eigenvalue weighted by Crippen LogP contribution is -2.26. The van der Waals surface area contributed by atoms with Crippen molar-refractivity contribution in [1.29, 1.82) is 0 Å². The smallest absolute Gasteiger partial charge is 0.270 e. The molecule has 8 heteroatoms. The van der Waals surface area contributed by atoms with Gasteiger partial charge in [-0.2, -0.15) is 0 Å². The van der Waals surface area contributed by atoms with Crippen LogP contribution >= 0.6 is 11.6 Å². The third-order valence-corrected chi connectivity index (χ3v) is 3.65. The van der Waals surface area contributed by atoms with Crippen molar-refractivity contribution in [3.05, 3.63) is 64.8 Å². The maximum absolute atomic E-state index is 12.2. The Balaban J connectivity index is 1.56. The second kappa shape index (κ2) is 7.76. The van der Waals surface area contributed by atoms with Gasteiger partial charge in [0.1, 0.15) is 23.6 Å². The molecule has 0 fully saturated rings. The van der Waals surface area contributed by atoms with E-state index in [1.807, 2.05) is 24.3 Å². The molecule has 0 bridgehead atoms. The van der Waals surface area contributed by atoms with Gasteiger partial charge in [0.05, 0.1) is 0 Å². The molecular formula is C17H16ClN5O2. The fourth-order valence-electron chi connectivity index (χ4n) is 2.17. The molecule has 3 rings (SSSR count). The van der Waals surface area contributed by atoms with Gasteiger partial charge in [-0.1, -0.05) is 28.9 Å². The molecule has 1 aromatic carbocycles. The Kier molecular flexibility index (Phi) is 5.25. The molecule has 25 heavy (non-hydrogen) atoms. The highest BCUT2D eigenvalue weighted by atomic mass is 35.5. The number of carbonyl (C=O) groups is 1. The molecule has 0 aliphatic rings. The molecule has 0 aliphatic heterocycles. The SMILES string of the molecule is Cc1cc(Nc2cc(C(=O)NCCc3ccc(Cl)cc3)ncn2)no1. The van der Waals surface area contributed by atoms with Crippen LogP contribution in [0.2, 0.25) is 5.02 Å². The van der Waals surface area contributed by atoms with E-state index in [0.29, 0.717) is 35.4 Å². The average Bonchev–Trinajstić information content (AvgIpc) is 3.01. The minimum atomic E-state index is -0.268. The summed E-state index contributed by atoms with van der Waals surface area (Å²) in [6, 6.07) is 10.8. The second-order valence-electron chi connectivity index (χ2n) is 5.37. The fraction of sp³-hybridized carbons (Fsp3) is 0.176. The van der Waals surface area contributed by atoms with Crippen LogP contribution in [0.3, 0.4) is 0 Å². The van der Waals surface area contributed by atoms with Crippen molar-refractivity contribution in [2.24, 2.45) is 0 Å². The van der Waals surface area contributed by atoms with Crippen molar-refractivity contribution >= 4 is 29.1 Å². The monoisotopic (exact) mass is 357 g/mol. The number of benzene rings is 1. The number of anilines is 2. The number of nitrogens with zero attached hydrogens (tertiary/aromatic N) is 3. The van der Waals surface area contributed by atoms with Gasteiger partial charge in [-0.15, -0.1) is 0 Å². The summed E-state index contributed by atoms with van der Waals surface area (Å²) < 4.78 is 4.97. The molecule has 7 nitrogen and oxygen atoms in total. The first-order valence-electron chi connectivity index (χ1n) is 7.65. The third-order valence-electron chi connectivity index (χ3n) is 3.40.